The van der Waals surface area contributed by atoms with Crippen molar-refractivity contribution in [2.75, 3.05) is 37.3 Å². The minimum atomic E-state index is -3.10. The molecule has 0 radical (unpaired) electrons. The summed E-state index contributed by atoms with van der Waals surface area (Å²) in [4.78, 5) is 6.54. The van der Waals surface area contributed by atoms with Gasteiger partial charge in [0.05, 0.1) is 17.6 Å². The molecule has 1 aliphatic heterocycles. The SMILES string of the molecule is Cc1nc2ccc(N3CCN(S(C)(=O)=O)CC3)nn2c1C. The van der Waals surface area contributed by atoms with E-state index < -0.39 is 10.0 Å². The smallest absolute Gasteiger partial charge is 0.211 e. The van der Waals surface area contributed by atoms with E-state index in [0.29, 0.717) is 26.2 Å². The summed E-state index contributed by atoms with van der Waals surface area (Å²) in [5.41, 5.74) is 2.84. The van der Waals surface area contributed by atoms with Crippen LogP contribution < -0.4 is 4.90 Å². The van der Waals surface area contributed by atoms with Gasteiger partial charge in [-0.1, -0.05) is 0 Å². The van der Waals surface area contributed by atoms with Crippen LogP contribution in [0.25, 0.3) is 5.65 Å². The Kier molecular flexibility index (Phi) is 3.37. The van der Waals surface area contributed by atoms with Gasteiger partial charge in [0, 0.05) is 26.2 Å². The highest BCUT2D eigenvalue weighted by Gasteiger charge is 2.24. The van der Waals surface area contributed by atoms with Gasteiger partial charge in [-0.2, -0.15) is 4.31 Å². The first kappa shape index (κ1) is 14.3. The van der Waals surface area contributed by atoms with Crippen LogP contribution in [0, 0.1) is 13.8 Å². The van der Waals surface area contributed by atoms with Gasteiger partial charge in [0.1, 0.15) is 5.82 Å². The van der Waals surface area contributed by atoms with Crippen LogP contribution in [0.1, 0.15) is 11.4 Å². The Bertz CT molecular complexity index is 775. The van der Waals surface area contributed by atoms with Gasteiger partial charge in [-0.25, -0.2) is 17.9 Å². The Hall–Kier alpha value is -1.67. The van der Waals surface area contributed by atoms with E-state index in [9.17, 15) is 8.42 Å². The number of anilines is 1. The van der Waals surface area contributed by atoms with Gasteiger partial charge in [0.2, 0.25) is 10.0 Å². The molecule has 0 amide bonds. The van der Waals surface area contributed by atoms with Crippen LogP contribution in [-0.4, -0.2) is 59.8 Å². The summed E-state index contributed by atoms with van der Waals surface area (Å²) in [5, 5.41) is 4.62. The summed E-state index contributed by atoms with van der Waals surface area (Å²) in [6, 6.07) is 3.89. The largest absolute Gasteiger partial charge is 0.353 e. The van der Waals surface area contributed by atoms with Gasteiger partial charge in [-0.3, -0.25) is 0 Å². The van der Waals surface area contributed by atoms with Crippen molar-refractivity contribution in [2.45, 2.75) is 13.8 Å². The van der Waals surface area contributed by atoms with Gasteiger partial charge in [0.25, 0.3) is 0 Å². The van der Waals surface area contributed by atoms with Crippen LogP contribution in [0.5, 0.6) is 0 Å². The lowest BCUT2D eigenvalue weighted by molar-refractivity contribution is 0.386. The summed E-state index contributed by atoms with van der Waals surface area (Å²) < 4.78 is 26.4. The van der Waals surface area contributed by atoms with Gasteiger partial charge in [-0.15, -0.1) is 5.10 Å². The van der Waals surface area contributed by atoms with Gasteiger partial charge in [-0.05, 0) is 26.0 Å². The third kappa shape index (κ3) is 2.60. The number of aryl methyl sites for hydroxylation is 2. The minimum absolute atomic E-state index is 0.500. The van der Waals surface area contributed by atoms with E-state index in [1.807, 2.05) is 30.5 Å². The molecule has 7 nitrogen and oxygen atoms in total. The molecule has 0 unspecified atom stereocenters. The first-order chi connectivity index (χ1) is 9.86. The molecule has 0 bridgehead atoms. The van der Waals surface area contributed by atoms with Crippen LogP contribution in [0.3, 0.4) is 0 Å². The summed E-state index contributed by atoms with van der Waals surface area (Å²) in [6.07, 6.45) is 1.25. The van der Waals surface area contributed by atoms with Crippen molar-refractivity contribution in [1.29, 1.82) is 0 Å². The van der Waals surface area contributed by atoms with E-state index in [0.717, 1.165) is 22.9 Å². The zero-order valence-corrected chi connectivity index (χ0v) is 13.3. The lowest BCUT2D eigenvalue weighted by Gasteiger charge is -2.33. The molecule has 0 N–H and O–H groups in total. The molecule has 8 heteroatoms. The molecule has 0 atom stereocenters. The standard InChI is InChI=1S/C13H19N5O2S/c1-10-11(2)18-12(14-10)4-5-13(15-18)16-6-8-17(9-7-16)21(3,19)20/h4-5H,6-9H2,1-3H3. The molecular formula is C13H19N5O2S. The Morgan fingerprint density at radius 2 is 1.76 bits per heavy atom. The van der Waals surface area contributed by atoms with E-state index in [-0.39, 0.29) is 0 Å². The molecule has 2 aromatic rings. The number of piperazine rings is 1. The Balaban J connectivity index is 1.84. The first-order valence-electron chi connectivity index (χ1n) is 6.89. The molecule has 1 saturated heterocycles. The number of hydrogen-bond acceptors (Lipinski definition) is 5. The second kappa shape index (κ2) is 4.96. The topological polar surface area (TPSA) is 70.8 Å². The summed E-state index contributed by atoms with van der Waals surface area (Å²) in [7, 11) is -3.10. The van der Waals surface area contributed by atoms with E-state index in [4.69, 9.17) is 0 Å². The number of sulfonamides is 1. The Labute approximate surface area is 124 Å². The van der Waals surface area contributed by atoms with Crippen LogP contribution in [-0.2, 0) is 10.0 Å². The molecule has 0 aromatic carbocycles. The van der Waals surface area contributed by atoms with Crippen LogP contribution >= 0.6 is 0 Å². The lowest BCUT2D eigenvalue weighted by Crippen LogP contribution is -2.48. The van der Waals surface area contributed by atoms with Crippen LogP contribution in [0.15, 0.2) is 12.1 Å². The van der Waals surface area contributed by atoms with Crippen molar-refractivity contribution < 1.29 is 8.42 Å². The molecule has 0 spiro atoms. The maximum Gasteiger partial charge on any atom is 0.211 e. The summed E-state index contributed by atoms with van der Waals surface area (Å²) in [6.45, 7) is 6.26. The van der Waals surface area contributed by atoms with E-state index >= 15 is 0 Å². The summed E-state index contributed by atoms with van der Waals surface area (Å²) >= 11 is 0. The molecule has 2 aromatic heterocycles. The molecule has 3 heterocycles. The third-order valence-electron chi connectivity index (χ3n) is 3.96. The zero-order chi connectivity index (χ0) is 15.2. The molecule has 114 valence electrons. The molecule has 1 fully saturated rings. The predicted molar refractivity (Wildman–Crippen MR) is 81.1 cm³/mol. The van der Waals surface area contributed by atoms with Gasteiger partial charge >= 0.3 is 0 Å². The number of nitrogens with zero attached hydrogens (tertiary/aromatic N) is 5. The highest BCUT2D eigenvalue weighted by atomic mass is 32.2. The Morgan fingerprint density at radius 3 is 2.38 bits per heavy atom. The quantitative estimate of drug-likeness (QED) is 0.804. The molecule has 21 heavy (non-hydrogen) atoms. The molecule has 3 rings (SSSR count). The fourth-order valence-corrected chi connectivity index (χ4v) is 3.39. The number of hydrogen-bond donors (Lipinski definition) is 0. The van der Waals surface area contributed by atoms with Crippen molar-refractivity contribution in [2.24, 2.45) is 0 Å². The number of fused-ring (bicyclic) bond motifs is 1. The first-order valence-corrected chi connectivity index (χ1v) is 8.74. The van der Waals surface area contributed by atoms with Gasteiger partial charge < -0.3 is 4.90 Å². The molecule has 0 aliphatic carbocycles. The van der Waals surface area contributed by atoms with Crippen LogP contribution in [0.2, 0.25) is 0 Å². The van der Waals surface area contributed by atoms with Gasteiger partial charge in [0.15, 0.2) is 5.65 Å². The van der Waals surface area contributed by atoms with Crippen molar-refractivity contribution in [1.82, 2.24) is 18.9 Å². The normalized spacial score (nSPS) is 17.6. The average Bonchev–Trinajstić information content (AvgIpc) is 2.73. The lowest BCUT2D eigenvalue weighted by atomic mass is 10.3. The fraction of sp³-hybridized carbons (Fsp3) is 0.538. The van der Waals surface area contributed by atoms with E-state index in [1.165, 1.54) is 10.6 Å². The molecule has 0 saturated carbocycles. The van der Waals surface area contributed by atoms with Crippen molar-refractivity contribution in [3.05, 3.63) is 23.5 Å². The fourth-order valence-electron chi connectivity index (χ4n) is 2.56. The zero-order valence-electron chi connectivity index (χ0n) is 12.4. The number of rotatable bonds is 2. The monoisotopic (exact) mass is 309 g/mol. The summed E-state index contributed by atoms with van der Waals surface area (Å²) in [5.74, 6) is 0.858. The number of imidazole rings is 1. The highest BCUT2D eigenvalue weighted by molar-refractivity contribution is 7.88. The third-order valence-corrected chi connectivity index (χ3v) is 5.26. The maximum absolute atomic E-state index is 11.5. The maximum atomic E-state index is 11.5. The Morgan fingerprint density at radius 1 is 1.10 bits per heavy atom. The second-order valence-corrected chi connectivity index (χ2v) is 7.38. The second-order valence-electron chi connectivity index (χ2n) is 5.39. The number of aromatic nitrogens is 3. The van der Waals surface area contributed by atoms with Crippen molar-refractivity contribution in [3.63, 3.8) is 0 Å². The highest BCUT2D eigenvalue weighted by Crippen LogP contribution is 2.17. The van der Waals surface area contributed by atoms with Crippen LogP contribution in [0.4, 0.5) is 5.82 Å². The van der Waals surface area contributed by atoms with E-state index in [1.54, 1.807) is 0 Å². The predicted octanol–water partition coefficient (Wildman–Crippen LogP) is 0.428. The molecule has 1 aliphatic rings. The van der Waals surface area contributed by atoms with Crippen molar-refractivity contribution >= 4 is 21.5 Å². The average molecular weight is 309 g/mol. The van der Waals surface area contributed by atoms with Crippen molar-refractivity contribution in [3.8, 4) is 0 Å². The molecular weight excluding hydrogens is 290 g/mol. The van der Waals surface area contributed by atoms with E-state index in [2.05, 4.69) is 15.0 Å². The minimum Gasteiger partial charge on any atom is -0.353 e.